The molecule has 0 bridgehead atoms. The van der Waals surface area contributed by atoms with E-state index in [1.54, 1.807) is 7.11 Å². The van der Waals surface area contributed by atoms with Gasteiger partial charge >= 0.3 is 0 Å². The van der Waals surface area contributed by atoms with E-state index in [0.717, 1.165) is 16.1 Å². The quantitative estimate of drug-likeness (QED) is 0.913. The van der Waals surface area contributed by atoms with Crippen LogP contribution in [-0.4, -0.2) is 20.3 Å². The summed E-state index contributed by atoms with van der Waals surface area (Å²) in [6.07, 6.45) is 0. The van der Waals surface area contributed by atoms with Gasteiger partial charge in [0.05, 0.1) is 7.11 Å². The van der Waals surface area contributed by atoms with Crippen molar-refractivity contribution in [2.75, 3.05) is 20.3 Å². The second-order valence-electron chi connectivity index (χ2n) is 4.01. The third-order valence-electron chi connectivity index (χ3n) is 2.72. The van der Waals surface area contributed by atoms with Gasteiger partial charge in [-0.15, -0.1) is 12.4 Å². The molecule has 0 amide bonds. The normalized spacial score (nSPS) is 9.75. The second kappa shape index (κ2) is 8.00. The van der Waals surface area contributed by atoms with Gasteiger partial charge in [-0.1, -0.05) is 29.8 Å². The van der Waals surface area contributed by atoms with Crippen LogP contribution >= 0.6 is 24.0 Å². The molecule has 2 aromatic carbocycles. The van der Waals surface area contributed by atoms with Crippen LogP contribution in [0.3, 0.4) is 0 Å². The third kappa shape index (κ3) is 4.04. The molecule has 3 nitrogen and oxygen atoms in total. The molecule has 2 rings (SSSR count). The van der Waals surface area contributed by atoms with Gasteiger partial charge in [-0.05, 0) is 35.4 Å². The highest BCUT2D eigenvalue weighted by Crippen LogP contribution is 2.32. The zero-order valence-electron chi connectivity index (χ0n) is 11.1. The number of benzene rings is 2. The third-order valence-corrected chi connectivity index (χ3v) is 2.97. The Labute approximate surface area is 130 Å². The van der Waals surface area contributed by atoms with Gasteiger partial charge in [0.1, 0.15) is 6.61 Å². The fourth-order valence-electron chi connectivity index (χ4n) is 1.78. The minimum absolute atomic E-state index is 0. The summed E-state index contributed by atoms with van der Waals surface area (Å²) in [7, 11) is 1.62. The molecular formula is C15H17Cl2NO2. The molecule has 0 unspecified atom stereocenters. The SMILES string of the molecule is COc1cc(-c2ccc(Cl)cc2)ccc1OCCN.Cl. The molecular weight excluding hydrogens is 297 g/mol. The highest BCUT2D eigenvalue weighted by molar-refractivity contribution is 6.30. The van der Waals surface area contributed by atoms with Crippen molar-refractivity contribution in [3.63, 3.8) is 0 Å². The molecule has 2 N–H and O–H groups in total. The monoisotopic (exact) mass is 313 g/mol. The first-order valence-corrected chi connectivity index (χ1v) is 6.39. The summed E-state index contributed by atoms with van der Waals surface area (Å²) < 4.78 is 10.9. The molecule has 108 valence electrons. The summed E-state index contributed by atoms with van der Waals surface area (Å²) in [5.41, 5.74) is 7.55. The van der Waals surface area contributed by atoms with E-state index in [4.69, 9.17) is 26.8 Å². The Hall–Kier alpha value is -1.42. The lowest BCUT2D eigenvalue weighted by atomic mass is 10.1. The van der Waals surface area contributed by atoms with Crippen molar-refractivity contribution in [2.24, 2.45) is 5.73 Å². The Bertz CT molecular complexity index is 544. The molecule has 5 heteroatoms. The van der Waals surface area contributed by atoms with Crippen LogP contribution in [0, 0.1) is 0 Å². The summed E-state index contributed by atoms with van der Waals surface area (Å²) in [5, 5.41) is 0.721. The van der Waals surface area contributed by atoms with Crippen molar-refractivity contribution >= 4 is 24.0 Å². The fourth-order valence-corrected chi connectivity index (χ4v) is 1.90. The maximum Gasteiger partial charge on any atom is 0.161 e. The molecule has 0 aliphatic rings. The maximum absolute atomic E-state index is 5.88. The molecule has 20 heavy (non-hydrogen) atoms. The Balaban J connectivity index is 0.00000200. The first-order chi connectivity index (χ1) is 9.24. The predicted octanol–water partition coefficient (Wildman–Crippen LogP) is 3.77. The van der Waals surface area contributed by atoms with Crippen molar-refractivity contribution in [3.8, 4) is 22.6 Å². The van der Waals surface area contributed by atoms with E-state index in [2.05, 4.69) is 0 Å². The molecule has 0 atom stereocenters. The average Bonchev–Trinajstić information content (AvgIpc) is 2.46. The topological polar surface area (TPSA) is 44.5 Å². The Kier molecular flexibility index (Phi) is 6.65. The van der Waals surface area contributed by atoms with Crippen LogP contribution in [-0.2, 0) is 0 Å². The molecule has 0 heterocycles. The van der Waals surface area contributed by atoms with Gasteiger partial charge in [0.2, 0.25) is 0 Å². The van der Waals surface area contributed by atoms with E-state index in [1.807, 2.05) is 42.5 Å². The summed E-state index contributed by atoms with van der Waals surface area (Å²) in [5.74, 6) is 1.39. The van der Waals surface area contributed by atoms with Crippen LogP contribution in [0.25, 0.3) is 11.1 Å². The van der Waals surface area contributed by atoms with E-state index in [9.17, 15) is 0 Å². The van der Waals surface area contributed by atoms with Crippen LogP contribution in [0.15, 0.2) is 42.5 Å². The summed E-state index contributed by atoms with van der Waals surface area (Å²) in [6, 6.07) is 13.5. The second-order valence-corrected chi connectivity index (χ2v) is 4.45. The van der Waals surface area contributed by atoms with E-state index in [0.29, 0.717) is 24.7 Å². The Morgan fingerprint density at radius 3 is 2.25 bits per heavy atom. The minimum Gasteiger partial charge on any atom is -0.493 e. The molecule has 0 aliphatic heterocycles. The highest BCUT2D eigenvalue weighted by atomic mass is 35.5. The number of ether oxygens (including phenoxy) is 2. The van der Waals surface area contributed by atoms with Gasteiger partial charge in [-0.3, -0.25) is 0 Å². The first kappa shape index (κ1) is 16.6. The highest BCUT2D eigenvalue weighted by Gasteiger charge is 2.07. The molecule has 0 radical (unpaired) electrons. The summed E-state index contributed by atoms with van der Waals surface area (Å²) in [4.78, 5) is 0. The number of methoxy groups -OCH3 is 1. The summed E-state index contributed by atoms with van der Waals surface area (Å²) >= 11 is 5.88. The maximum atomic E-state index is 5.88. The van der Waals surface area contributed by atoms with Crippen LogP contribution in [0.1, 0.15) is 0 Å². The van der Waals surface area contributed by atoms with Crippen molar-refractivity contribution in [3.05, 3.63) is 47.5 Å². The van der Waals surface area contributed by atoms with Gasteiger partial charge in [0.15, 0.2) is 11.5 Å². The zero-order chi connectivity index (χ0) is 13.7. The van der Waals surface area contributed by atoms with Crippen molar-refractivity contribution < 1.29 is 9.47 Å². The van der Waals surface area contributed by atoms with Crippen molar-refractivity contribution in [2.45, 2.75) is 0 Å². The molecule has 2 aromatic rings. The fraction of sp³-hybridized carbons (Fsp3) is 0.200. The van der Waals surface area contributed by atoms with E-state index in [1.165, 1.54) is 0 Å². The van der Waals surface area contributed by atoms with Crippen LogP contribution in [0.4, 0.5) is 0 Å². The molecule has 0 spiro atoms. The standard InChI is InChI=1S/C15H16ClNO2.ClH/c1-18-15-10-12(4-7-14(15)19-9-8-17)11-2-5-13(16)6-3-11;/h2-7,10H,8-9,17H2,1H3;1H. The van der Waals surface area contributed by atoms with Gasteiger partial charge in [-0.25, -0.2) is 0 Å². The molecule has 0 aliphatic carbocycles. The predicted molar refractivity (Wildman–Crippen MR) is 85.2 cm³/mol. The number of rotatable bonds is 5. The van der Waals surface area contributed by atoms with Crippen molar-refractivity contribution in [1.29, 1.82) is 0 Å². The molecule has 0 aromatic heterocycles. The van der Waals surface area contributed by atoms with Gasteiger partial charge in [0, 0.05) is 11.6 Å². The van der Waals surface area contributed by atoms with E-state index < -0.39 is 0 Å². The first-order valence-electron chi connectivity index (χ1n) is 6.01. The van der Waals surface area contributed by atoms with Gasteiger partial charge in [-0.2, -0.15) is 0 Å². The van der Waals surface area contributed by atoms with Crippen LogP contribution in [0.2, 0.25) is 5.02 Å². The molecule has 0 saturated carbocycles. The molecule has 0 fully saturated rings. The van der Waals surface area contributed by atoms with Gasteiger partial charge in [0.25, 0.3) is 0 Å². The molecule has 0 saturated heterocycles. The lowest BCUT2D eigenvalue weighted by Gasteiger charge is -2.11. The lowest BCUT2D eigenvalue weighted by molar-refractivity contribution is 0.302. The minimum atomic E-state index is 0. The number of nitrogens with two attached hydrogens (primary N) is 1. The Morgan fingerprint density at radius 1 is 1.00 bits per heavy atom. The largest absolute Gasteiger partial charge is 0.493 e. The average molecular weight is 314 g/mol. The smallest absolute Gasteiger partial charge is 0.161 e. The summed E-state index contributed by atoms with van der Waals surface area (Å²) in [6.45, 7) is 0.943. The van der Waals surface area contributed by atoms with E-state index in [-0.39, 0.29) is 12.4 Å². The zero-order valence-corrected chi connectivity index (χ0v) is 12.7. The number of hydrogen-bond acceptors (Lipinski definition) is 3. The number of halogens is 2. The van der Waals surface area contributed by atoms with Crippen LogP contribution < -0.4 is 15.2 Å². The number of hydrogen-bond donors (Lipinski definition) is 1. The van der Waals surface area contributed by atoms with E-state index >= 15 is 0 Å². The Morgan fingerprint density at radius 2 is 1.65 bits per heavy atom. The lowest BCUT2D eigenvalue weighted by Crippen LogP contribution is -2.11. The van der Waals surface area contributed by atoms with Crippen molar-refractivity contribution in [1.82, 2.24) is 0 Å². The van der Waals surface area contributed by atoms with Gasteiger partial charge < -0.3 is 15.2 Å². The van der Waals surface area contributed by atoms with Crippen LogP contribution in [0.5, 0.6) is 11.5 Å².